The molecule has 98 valence electrons. The molecular weight excluding hydrogens is 236 g/mol. The zero-order chi connectivity index (χ0) is 13.9. The molecule has 0 saturated heterocycles. The highest BCUT2D eigenvalue weighted by molar-refractivity contribution is 5.94. The zero-order valence-electron chi connectivity index (χ0n) is 10.6. The van der Waals surface area contributed by atoms with Crippen molar-refractivity contribution in [3.63, 3.8) is 0 Å². The standard InChI is InChI=1S/C12H16N2O4/c1-8-6-10(4-5-11(8)14(17)18)12(16)13(3)9(2)7-15/h4-6,9,15H,7H2,1-3H3. The van der Waals surface area contributed by atoms with Gasteiger partial charge in [0, 0.05) is 24.2 Å². The SMILES string of the molecule is Cc1cc(C(=O)N(C)C(C)CO)ccc1[N+](=O)[O-]. The highest BCUT2D eigenvalue weighted by Gasteiger charge is 2.19. The summed E-state index contributed by atoms with van der Waals surface area (Å²) in [7, 11) is 1.58. The number of benzene rings is 1. The van der Waals surface area contributed by atoms with E-state index in [1.807, 2.05) is 0 Å². The summed E-state index contributed by atoms with van der Waals surface area (Å²) in [5.74, 6) is -0.269. The molecule has 0 fully saturated rings. The van der Waals surface area contributed by atoms with Crippen LogP contribution in [0.2, 0.25) is 0 Å². The van der Waals surface area contributed by atoms with E-state index < -0.39 is 4.92 Å². The fourth-order valence-electron chi connectivity index (χ4n) is 1.52. The van der Waals surface area contributed by atoms with E-state index in [0.717, 1.165) is 0 Å². The lowest BCUT2D eigenvalue weighted by Gasteiger charge is -2.23. The van der Waals surface area contributed by atoms with E-state index in [0.29, 0.717) is 11.1 Å². The van der Waals surface area contributed by atoms with Crippen LogP contribution in [0.25, 0.3) is 0 Å². The van der Waals surface area contributed by atoms with Gasteiger partial charge >= 0.3 is 0 Å². The van der Waals surface area contributed by atoms with Crippen molar-refractivity contribution < 1.29 is 14.8 Å². The molecule has 0 radical (unpaired) electrons. The third-order valence-corrected chi connectivity index (χ3v) is 2.89. The first-order valence-corrected chi connectivity index (χ1v) is 5.51. The minimum atomic E-state index is -0.482. The molecule has 18 heavy (non-hydrogen) atoms. The Morgan fingerprint density at radius 2 is 2.17 bits per heavy atom. The number of amides is 1. The summed E-state index contributed by atoms with van der Waals surface area (Å²) in [6, 6.07) is 3.93. The van der Waals surface area contributed by atoms with Crippen molar-refractivity contribution in [2.75, 3.05) is 13.7 Å². The van der Waals surface area contributed by atoms with Crippen molar-refractivity contribution in [2.45, 2.75) is 19.9 Å². The first-order chi connectivity index (χ1) is 8.38. The summed E-state index contributed by atoms with van der Waals surface area (Å²) < 4.78 is 0. The molecule has 6 nitrogen and oxygen atoms in total. The van der Waals surface area contributed by atoms with Crippen LogP contribution in [0.15, 0.2) is 18.2 Å². The van der Waals surface area contributed by atoms with Crippen molar-refractivity contribution in [3.8, 4) is 0 Å². The summed E-state index contributed by atoms with van der Waals surface area (Å²) in [5, 5.41) is 19.7. The molecule has 0 aliphatic heterocycles. The van der Waals surface area contributed by atoms with Gasteiger partial charge in [0.15, 0.2) is 0 Å². The molecule has 0 bridgehead atoms. The maximum absolute atomic E-state index is 12.0. The normalized spacial score (nSPS) is 12.0. The molecule has 0 aliphatic rings. The summed E-state index contributed by atoms with van der Waals surface area (Å²) in [6.07, 6.45) is 0. The zero-order valence-corrected chi connectivity index (χ0v) is 10.6. The van der Waals surface area contributed by atoms with E-state index in [1.165, 1.54) is 23.1 Å². The number of aliphatic hydroxyl groups excluding tert-OH is 1. The van der Waals surface area contributed by atoms with Gasteiger partial charge in [0.2, 0.25) is 0 Å². The van der Waals surface area contributed by atoms with Gasteiger partial charge in [0.1, 0.15) is 0 Å². The molecule has 0 saturated carbocycles. The van der Waals surface area contributed by atoms with Crippen LogP contribution in [0.1, 0.15) is 22.8 Å². The molecule has 0 heterocycles. The summed E-state index contributed by atoms with van der Waals surface area (Å²) >= 11 is 0. The Hall–Kier alpha value is -1.95. The van der Waals surface area contributed by atoms with Gasteiger partial charge in [-0.05, 0) is 26.0 Å². The van der Waals surface area contributed by atoms with Crippen LogP contribution in [-0.4, -0.2) is 40.5 Å². The third kappa shape index (κ3) is 2.84. The molecule has 1 aromatic rings. The first-order valence-electron chi connectivity index (χ1n) is 5.51. The molecule has 0 aromatic heterocycles. The van der Waals surface area contributed by atoms with E-state index in [1.54, 1.807) is 20.9 Å². The highest BCUT2D eigenvalue weighted by atomic mass is 16.6. The highest BCUT2D eigenvalue weighted by Crippen LogP contribution is 2.19. The largest absolute Gasteiger partial charge is 0.394 e. The Morgan fingerprint density at radius 1 is 1.56 bits per heavy atom. The summed E-state index contributed by atoms with van der Waals surface area (Å²) in [5.41, 5.74) is 0.807. The second-order valence-electron chi connectivity index (χ2n) is 4.21. The van der Waals surface area contributed by atoms with Gasteiger partial charge in [-0.2, -0.15) is 0 Å². The van der Waals surface area contributed by atoms with Gasteiger partial charge in [0.05, 0.1) is 17.6 Å². The maximum Gasteiger partial charge on any atom is 0.272 e. The maximum atomic E-state index is 12.0. The number of rotatable bonds is 4. The van der Waals surface area contributed by atoms with E-state index in [4.69, 9.17) is 5.11 Å². The molecule has 1 rings (SSSR count). The molecule has 1 amide bonds. The minimum absolute atomic E-state index is 0.00981. The second kappa shape index (κ2) is 5.59. The Balaban J connectivity index is 3.01. The summed E-state index contributed by atoms with van der Waals surface area (Å²) in [6.45, 7) is 3.18. The van der Waals surface area contributed by atoms with Crippen molar-refractivity contribution >= 4 is 11.6 Å². The number of aryl methyl sites for hydroxylation is 1. The molecule has 1 N–H and O–H groups in total. The molecule has 0 aliphatic carbocycles. The van der Waals surface area contributed by atoms with Crippen LogP contribution in [0, 0.1) is 17.0 Å². The molecule has 6 heteroatoms. The first kappa shape index (κ1) is 14.1. The predicted octanol–water partition coefficient (Wildman–Crippen LogP) is 1.36. The van der Waals surface area contributed by atoms with Crippen LogP contribution in [0.4, 0.5) is 5.69 Å². The van der Waals surface area contributed by atoms with Crippen molar-refractivity contribution in [3.05, 3.63) is 39.4 Å². The number of nitro benzene ring substituents is 1. The number of hydrogen-bond acceptors (Lipinski definition) is 4. The van der Waals surface area contributed by atoms with Gasteiger partial charge in [-0.3, -0.25) is 14.9 Å². The lowest BCUT2D eigenvalue weighted by atomic mass is 10.1. The average molecular weight is 252 g/mol. The monoisotopic (exact) mass is 252 g/mol. The number of hydrogen-bond donors (Lipinski definition) is 1. The van der Waals surface area contributed by atoms with E-state index in [2.05, 4.69) is 0 Å². The van der Waals surface area contributed by atoms with Crippen molar-refractivity contribution in [1.82, 2.24) is 4.90 Å². The minimum Gasteiger partial charge on any atom is -0.394 e. The van der Waals surface area contributed by atoms with Crippen molar-refractivity contribution in [2.24, 2.45) is 0 Å². The Labute approximate surface area is 105 Å². The van der Waals surface area contributed by atoms with E-state index in [-0.39, 0.29) is 24.2 Å². The smallest absolute Gasteiger partial charge is 0.272 e. The van der Waals surface area contributed by atoms with Crippen LogP contribution in [0.5, 0.6) is 0 Å². The average Bonchev–Trinajstić information content (AvgIpc) is 2.35. The summed E-state index contributed by atoms with van der Waals surface area (Å²) in [4.78, 5) is 23.6. The number of aliphatic hydroxyl groups is 1. The molecule has 0 spiro atoms. The Morgan fingerprint density at radius 3 is 2.61 bits per heavy atom. The number of nitro groups is 1. The van der Waals surface area contributed by atoms with E-state index in [9.17, 15) is 14.9 Å². The van der Waals surface area contributed by atoms with Crippen LogP contribution in [-0.2, 0) is 0 Å². The number of likely N-dealkylation sites (N-methyl/N-ethyl adjacent to an activating group) is 1. The number of nitrogens with zero attached hydrogens (tertiary/aromatic N) is 2. The third-order valence-electron chi connectivity index (χ3n) is 2.89. The van der Waals surface area contributed by atoms with Crippen LogP contribution >= 0.6 is 0 Å². The molecule has 1 unspecified atom stereocenters. The molecule has 1 atom stereocenters. The fourth-order valence-corrected chi connectivity index (χ4v) is 1.52. The van der Waals surface area contributed by atoms with Gasteiger partial charge < -0.3 is 10.0 Å². The van der Waals surface area contributed by atoms with E-state index >= 15 is 0 Å². The lowest BCUT2D eigenvalue weighted by molar-refractivity contribution is -0.385. The van der Waals surface area contributed by atoms with Crippen LogP contribution < -0.4 is 0 Å². The number of carbonyl (C=O) groups excluding carboxylic acids is 1. The van der Waals surface area contributed by atoms with Crippen LogP contribution in [0.3, 0.4) is 0 Å². The Bertz CT molecular complexity index is 473. The van der Waals surface area contributed by atoms with Gasteiger partial charge in [-0.1, -0.05) is 0 Å². The molecular formula is C12H16N2O4. The topological polar surface area (TPSA) is 83.7 Å². The van der Waals surface area contributed by atoms with Gasteiger partial charge in [-0.25, -0.2) is 0 Å². The van der Waals surface area contributed by atoms with Crippen molar-refractivity contribution in [1.29, 1.82) is 0 Å². The quantitative estimate of drug-likeness (QED) is 0.647. The fraction of sp³-hybridized carbons (Fsp3) is 0.417. The predicted molar refractivity (Wildman–Crippen MR) is 66.5 cm³/mol. The Kier molecular flexibility index (Phi) is 4.38. The second-order valence-corrected chi connectivity index (χ2v) is 4.21. The molecule has 1 aromatic carbocycles. The lowest BCUT2D eigenvalue weighted by Crippen LogP contribution is -2.37. The van der Waals surface area contributed by atoms with Gasteiger partial charge in [-0.15, -0.1) is 0 Å². The van der Waals surface area contributed by atoms with Gasteiger partial charge in [0.25, 0.3) is 11.6 Å². The number of carbonyl (C=O) groups is 1.